The summed E-state index contributed by atoms with van der Waals surface area (Å²) in [5.41, 5.74) is 0. The Hall–Kier alpha value is -2.13. The Morgan fingerprint density at radius 1 is 1.28 bits per heavy atom. The summed E-state index contributed by atoms with van der Waals surface area (Å²) in [6.45, 7) is 1.76. The van der Waals surface area contributed by atoms with Crippen LogP contribution in [0.25, 0.3) is 0 Å². The fraction of sp³-hybridized carbons (Fsp3) is 0.429. The van der Waals surface area contributed by atoms with E-state index in [0.717, 1.165) is 0 Å². The lowest BCUT2D eigenvalue weighted by Gasteiger charge is -2.24. The molecule has 0 aliphatic carbocycles. The quantitative estimate of drug-likeness (QED) is 0.222. The lowest BCUT2D eigenvalue weighted by Crippen LogP contribution is -2.37. The normalized spacial score (nSPS) is 15.0. The van der Waals surface area contributed by atoms with Crippen LogP contribution in [0, 0.1) is 0 Å². The van der Waals surface area contributed by atoms with Crippen molar-refractivity contribution in [3.05, 3.63) is 30.3 Å². The predicted octanol–water partition coefficient (Wildman–Crippen LogP) is 2.09. The van der Waals surface area contributed by atoms with E-state index >= 15 is 0 Å². The molecule has 2 unspecified atom stereocenters. The van der Waals surface area contributed by atoms with Crippen molar-refractivity contribution in [2.75, 3.05) is 27.8 Å². The number of carbonyl (C=O) groups excluding carboxylic acids is 1. The number of hydrogen-bond acceptors (Lipinski definition) is 8. The van der Waals surface area contributed by atoms with E-state index in [0.29, 0.717) is 5.75 Å². The van der Waals surface area contributed by atoms with Crippen molar-refractivity contribution in [2.24, 2.45) is 5.16 Å². The molecule has 0 bridgehead atoms. The lowest BCUT2D eigenvalue weighted by atomic mass is 10.3. The van der Waals surface area contributed by atoms with Crippen LogP contribution in [0.5, 0.6) is 5.75 Å². The largest absolute Gasteiger partial charge is 0.455 e. The van der Waals surface area contributed by atoms with Crippen molar-refractivity contribution in [3.63, 3.8) is 0 Å². The van der Waals surface area contributed by atoms with Gasteiger partial charge in [0.1, 0.15) is 12.9 Å². The minimum atomic E-state index is -3.75. The first kappa shape index (κ1) is 20.9. The van der Waals surface area contributed by atoms with Crippen molar-refractivity contribution in [3.8, 4) is 5.75 Å². The van der Waals surface area contributed by atoms with Gasteiger partial charge in [0.15, 0.2) is 0 Å². The molecule has 0 heterocycles. The van der Waals surface area contributed by atoms with Gasteiger partial charge < -0.3 is 19.6 Å². The number of para-hydroxylation sites is 1. The van der Waals surface area contributed by atoms with E-state index < -0.39 is 26.0 Å². The Kier molecular flexibility index (Phi) is 8.93. The van der Waals surface area contributed by atoms with E-state index in [9.17, 15) is 9.36 Å². The van der Waals surface area contributed by atoms with Gasteiger partial charge >= 0.3 is 19.7 Å². The minimum Gasteiger partial charge on any atom is -0.455 e. The van der Waals surface area contributed by atoms with Crippen LogP contribution in [-0.2, 0) is 23.2 Å². The molecule has 0 aliphatic rings. The zero-order valence-electron chi connectivity index (χ0n) is 14.4. The number of alkyl carbamates (subject to hydrolysis) is 1. The average Bonchev–Trinajstić information content (AvgIpc) is 2.61. The molecule has 0 aliphatic heterocycles. The summed E-state index contributed by atoms with van der Waals surface area (Å²) in [6.07, 6.45) is -2.32. The summed E-state index contributed by atoms with van der Waals surface area (Å²) in [4.78, 5) is 16.2. The van der Waals surface area contributed by atoms with Crippen molar-refractivity contribution < 1.29 is 32.7 Å². The number of nitrogens with one attached hydrogen (secondary N) is 2. The third-order valence-corrected chi connectivity index (χ3v) is 4.19. The van der Waals surface area contributed by atoms with Crippen LogP contribution in [0.1, 0.15) is 6.92 Å². The van der Waals surface area contributed by atoms with Gasteiger partial charge in [-0.2, -0.15) is 0 Å². The number of amides is 1. The second kappa shape index (κ2) is 10.7. The van der Waals surface area contributed by atoms with Gasteiger partial charge in [-0.1, -0.05) is 18.2 Å². The van der Waals surface area contributed by atoms with Gasteiger partial charge in [-0.3, -0.25) is 4.52 Å². The van der Waals surface area contributed by atoms with E-state index in [2.05, 4.69) is 20.4 Å². The van der Waals surface area contributed by atoms with Crippen molar-refractivity contribution in [1.82, 2.24) is 10.4 Å². The molecule has 1 rings (SSSR count). The first-order valence-electron chi connectivity index (χ1n) is 7.32. The van der Waals surface area contributed by atoms with Crippen LogP contribution < -0.4 is 15.1 Å². The van der Waals surface area contributed by atoms with Gasteiger partial charge in [-0.25, -0.2) is 19.0 Å². The third-order valence-electron chi connectivity index (χ3n) is 2.58. The molecule has 11 heteroatoms. The number of hydrogen-bond donors (Lipinski definition) is 2. The molecule has 1 aromatic carbocycles. The molecule has 0 radical (unpaired) electrons. The van der Waals surface area contributed by atoms with Crippen LogP contribution in [-0.4, -0.2) is 46.1 Å². The van der Waals surface area contributed by atoms with Crippen LogP contribution in [0.4, 0.5) is 4.79 Å². The second-order valence-electron chi connectivity index (χ2n) is 4.26. The highest BCUT2D eigenvalue weighted by molar-refractivity contribution is 7.51. The molecule has 2 N–H and O–H groups in total. The fourth-order valence-corrected chi connectivity index (χ4v) is 2.55. The van der Waals surface area contributed by atoms with Gasteiger partial charge in [0.2, 0.25) is 0 Å². The Morgan fingerprint density at radius 2 is 1.96 bits per heavy atom. The highest BCUT2D eigenvalue weighted by atomic mass is 31.2. The van der Waals surface area contributed by atoms with E-state index in [1.807, 2.05) is 0 Å². The Labute approximate surface area is 146 Å². The molecule has 2 atom stereocenters. The first-order chi connectivity index (χ1) is 12.0. The zero-order valence-corrected chi connectivity index (χ0v) is 15.3. The molecule has 140 valence electrons. The Bertz CT molecular complexity index is 612. The van der Waals surface area contributed by atoms with Gasteiger partial charge in [0.25, 0.3) is 6.29 Å². The van der Waals surface area contributed by atoms with E-state index in [4.69, 9.17) is 18.5 Å². The number of ether oxygens (including phenoxy) is 2. The van der Waals surface area contributed by atoms with Crippen LogP contribution in [0.15, 0.2) is 35.5 Å². The van der Waals surface area contributed by atoms with Crippen molar-refractivity contribution in [1.29, 1.82) is 0 Å². The van der Waals surface area contributed by atoms with Crippen LogP contribution in [0.3, 0.4) is 0 Å². The molecular formula is C14H22N3O7P. The van der Waals surface area contributed by atoms with Crippen LogP contribution >= 0.6 is 7.75 Å². The molecule has 0 aromatic heterocycles. The smallest absolute Gasteiger partial charge is 0.413 e. The second-order valence-corrected chi connectivity index (χ2v) is 6.17. The zero-order chi connectivity index (χ0) is 18.7. The summed E-state index contributed by atoms with van der Waals surface area (Å²) in [5.74, 6) is -0.0446. The Balaban J connectivity index is 3.13. The minimum absolute atomic E-state index is 0.114. The summed E-state index contributed by atoms with van der Waals surface area (Å²) < 4.78 is 33.6. The standard InChI is InChI=1S/C14H22N3O7P/c1-5-21-25(19,16-3)24-13(22-11-9-7-6-8-10-11)12(17-20-4)23-14(18)15-2/h6-10,13H,5H2,1-4H3,(H,15,18)(H,16,19). The summed E-state index contributed by atoms with van der Waals surface area (Å²) in [7, 11) is 0.249. The van der Waals surface area contributed by atoms with E-state index in [1.54, 1.807) is 37.3 Å². The maximum atomic E-state index is 12.6. The molecule has 0 saturated carbocycles. The van der Waals surface area contributed by atoms with Crippen molar-refractivity contribution in [2.45, 2.75) is 13.2 Å². The number of benzene rings is 1. The molecule has 25 heavy (non-hydrogen) atoms. The highest BCUT2D eigenvalue weighted by Gasteiger charge is 2.34. The van der Waals surface area contributed by atoms with Crippen LogP contribution in [0.2, 0.25) is 0 Å². The maximum Gasteiger partial charge on any atom is 0.413 e. The summed E-state index contributed by atoms with van der Waals surface area (Å²) >= 11 is 0. The molecule has 0 fully saturated rings. The highest BCUT2D eigenvalue weighted by Crippen LogP contribution is 2.44. The number of rotatable bonds is 9. The Morgan fingerprint density at radius 3 is 2.48 bits per heavy atom. The van der Waals surface area contributed by atoms with Crippen molar-refractivity contribution >= 4 is 19.7 Å². The van der Waals surface area contributed by atoms with Gasteiger partial charge in [0, 0.05) is 7.05 Å². The first-order valence-corrected chi connectivity index (χ1v) is 8.86. The van der Waals surface area contributed by atoms with E-state index in [1.165, 1.54) is 21.2 Å². The molecule has 10 nitrogen and oxygen atoms in total. The van der Waals surface area contributed by atoms with Gasteiger partial charge in [-0.05, 0) is 31.3 Å². The van der Waals surface area contributed by atoms with Gasteiger partial charge in [0.05, 0.1) is 6.61 Å². The van der Waals surface area contributed by atoms with Gasteiger partial charge in [-0.15, -0.1) is 0 Å². The fourth-order valence-electron chi connectivity index (χ4n) is 1.53. The molecular weight excluding hydrogens is 353 g/mol. The monoisotopic (exact) mass is 375 g/mol. The SMILES string of the molecule is CCOP(=O)(NC)OC(Oc1ccccc1)C(=NOC)OC(=O)NC. The lowest BCUT2D eigenvalue weighted by molar-refractivity contribution is 0.0238. The molecule has 0 spiro atoms. The third kappa shape index (κ3) is 7.10. The topological polar surface area (TPSA) is 117 Å². The predicted molar refractivity (Wildman–Crippen MR) is 90.2 cm³/mol. The number of nitrogens with zero attached hydrogens (tertiary/aromatic N) is 1. The average molecular weight is 375 g/mol. The molecule has 0 saturated heterocycles. The number of carbonyl (C=O) groups is 1. The summed E-state index contributed by atoms with van der Waals surface area (Å²) in [6, 6.07) is 8.49. The molecule has 1 amide bonds. The summed E-state index contributed by atoms with van der Waals surface area (Å²) in [5, 5.41) is 8.26. The molecule has 1 aromatic rings. The number of oxime groups is 1. The van der Waals surface area contributed by atoms with E-state index in [-0.39, 0.29) is 6.61 Å². The maximum absolute atomic E-state index is 12.6.